The Labute approximate surface area is 163 Å². The van der Waals surface area contributed by atoms with Crippen LogP contribution in [0.2, 0.25) is 0 Å². The van der Waals surface area contributed by atoms with Gasteiger partial charge in [-0.15, -0.1) is 24.4 Å². The van der Waals surface area contributed by atoms with Crippen molar-refractivity contribution in [2.45, 2.75) is 0 Å². The van der Waals surface area contributed by atoms with Crippen LogP contribution in [-0.2, 0) is 0 Å². The van der Waals surface area contributed by atoms with Crippen LogP contribution < -0.4 is 9.64 Å². The largest absolute Gasteiger partial charge is 0.497 e. The number of thiol groups is 1. The number of rotatable bonds is 3. The van der Waals surface area contributed by atoms with Gasteiger partial charge in [0.15, 0.2) is 0 Å². The van der Waals surface area contributed by atoms with Crippen molar-refractivity contribution in [1.82, 2.24) is 0 Å². The van der Waals surface area contributed by atoms with E-state index in [0.29, 0.717) is 0 Å². The summed E-state index contributed by atoms with van der Waals surface area (Å²) in [7, 11) is 1.69. The van der Waals surface area contributed by atoms with Gasteiger partial charge in [-0.3, -0.25) is 0 Å². The molecule has 0 bridgehead atoms. The molecule has 2 nitrogen and oxygen atoms in total. The SMILES string of the molecule is COc1ccc(N2c3ccccc3C(=C(S)SC)c3ccccc32)cc1. The van der Waals surface area contributed by atoms with Crippen molar-refractivity contribution in [3.63, 3.8) is 0 Å². The lowest BCUT2D eigenvalue weighted by Crippen LogP contribution is -2.18. The predicted octanol–water partition coefficient (Wildman–Crippen LogP) is 6.49. The van der Waals surface area contributed by atoms with Gasteiger partial charge in [0, 0.05) is 26.6 Å². The molecule has 3 aromatic carbocycles. The Morgan fingerprint density at radius 2 is 1.38 bits per heavy atom. The summed E-state index contributed by atoms with van der Waals surface area (Å²) in [5.74, 6) is 0.855. The summed E-state index contributed by atoms with van der Waals surface area (Å²) in [6.07, 6.45) is 2.07. The van der Waals surface area contributed by atoms with E-state index in [1.54, 1.807) is 18.9 Å². The highest BCUT2D eigenvalue weighted by atomic mass is 32.2. The van der Waals surface area contributed by atoms with Crippen molar-refractivity contribution < 1.29 is 4.74 Å². The van der Waals surface area contributed by atoms with E-state index in [4.69, 9.17) is 17.4 Å². The van der Waals surface area contributed by atoms with Gasteiger partial charge < -0.3 is 9.64 Å². The number of nitrogens with zero attached hydrogens (tertiary/aromatic N) is 1. The molecule has 0 aromatic heterocycles. The van der Waals surface area contributed by atoms with E-state index >= 15 is 0 Å². The molecule has 4 heteroatoms. The number of para-hydroxylation sites is 2. The summed E-state index contributed by atoms with van der Waals surface area (Å²) in [6.45, 7) is 0. The Morgan fingerprint density at radius 1 is 0.846 bits per heavy atom. The first-order valence-electron chi connectivity index (χ1n) is 8.35. The quantitative estimate of drug-likeness (QED) is 0.410. The summed E-state index contributed by atoms with van der Waals surface area (Å²) in [5.41, 5.74) is 7.01. The third-order valence-electron chi connectivity index (χ3n) is 4.57. The minimum absolute atomic E-state index is 0.855. The molecule has 3 aromatic rings. The summed E-state index contributed by atoms with van der Waals surface area (Å²) in [5, 5.41) is 0. The number of hydrogen-bond donors (Lipinski definition) is 1. The topological polar surface area (TPSA) is 12.5 Å². The molecule has 130 valence electrons. The molecule has 1 heterocycles. The fraction of sp³-hybridized carbons (Fsp3) is 0.0909. The molecule has 0 amide bonds. The molecule has 0 unspecified atom stereocenters. The van der Waals surface area contributed by atoms with Crippen LogP contribution >= 0.6 is 24.4 Å². The van der Waals surface area contributed by atoms with Gasteiger partial charge in [0.1, 0.15) is 5.75 Å². The maximum atomic E-state index is 5.32. The molecule has 0 saturated heterocycles. The lowest BCUT2D eigenvalue weighted by atomic mass is 9.91. The molecule has 0 N–H and O–H groups in total. The molecular weight excluding hydrogens is 358 g/mol. The summed E-state index contributed by atoms with van der Waals surface area (Å²) in [6, 6.07) is 25.2. The highest BCUT2D eigenvalue weighted by Gasteiger charge is 2.28. The van der Waals surface area contributed by atoms with E-state index in [2.05, 4.69) is 71.8 Å². The van der Waals surface area contributed by atoms with Gasteiger partial charge in [-0.1, -0.05) is 36.4 Å². The molecule has 0 spiro atoms. The Balaban J connectivity index is 2.00. The Morgan fingerprint density at radius 3 is 1.88 bits per heavy atom. The molecule has 0 aliphatic carbocycles. The highest BCUT2D eigenvalue weighted by molar-refractivity contribution is 8.15. The zero-order chi connectivity index (χ0) is 18.1. The average Bonchev–Trinajstić information content (AvgIpc) is 2.71. The van der Waals surface area contributed by atoms with Gasteiger partial charge in [0.05, 0.1) is 18.5 Å². The van der Waals surface area contributed by atoms with Crippen LogP contribution in [0.5, 0.6) is 5.75 Å². The number of anilines is 3. The molecule has 4 rings (SSSR count). The van der Waals surface area contributed by atoms with E-state index in [1.807, 2.05) is 12.1 Å². The molecule has 1 aliphatic heterocycles. The van der Waals surface area contributed by atoms with Crippen LogP contribution in [0.3, 0.4) is 0 Å². The van der Waals surface area contributed by atoms with Crippen molar-refractivity contribution in [3.05, 3.63) is 88.2 Å². The zero-order valence-electron chi connectivity index (χ0n) is 14.6. The molecule has 26 heavy (non-hydrogen) atoms. The van der Waals surface area contributed by atoms with Crippen molar-refractivity contribution in [3.8, 4) is 5.75 Å². The summed E-state index contributed by atoms with van der Waals surface area (Å²) >= 11 is 6.44. The van der Waals surface area contributed by atoms with E-state index < -0.39 is 0 Å². The van der Waals surface area contributed by atoms with Crippen molar-refractivity contribution in [2.75, 3.05) is 18.3 Å². The van der Waals surface area contributed by atoms with Crippen LogP contribution in [0.4, 0.5) is 17.1 Å². The molecule has 0 atom stereocenters. The molecule has 0 fully saturated rings. The third-order valence-corrected chi connectivity index (χ3v) is 5.93. The number of fused-ring (bicyclic) bond motifs is 2. The zero-order valence-corrected chi connectivity index (χ0v) is 16.4. The fourth-order valence-electron chi connectivity index (χ4n) is 3.38. The van der Waals surface area contributed by atoms with Crippen molar-refractivity contribution in [2.24, 2.45) is 0 Å². The molecule has 0 radical (unpaired) electrons. The maximum Gasteiger partial charge on any atom is 0.119 e. The first kappa shape index (κ1) is 17.1. The summed E-state index contributed by atoms with van der Waals surface area (Å²) < 4.78 is 6.35. The van der Waals surface area contributed by atoms with Crippen LogP contribution in [0.25, 0.3) is 5.57 Å². The Kier molecular flexibility index (Phi) is 4.70. The maximum absolute atomic E-state index is 5.32. The lowest BCUT2D eigenvalue weighted by Gasteiger charge is -2.35. The smallest absolute Gasteiger partial charge is 0.119 e. The average molecular weight is 378 g/mol. The number of ether oxygens (including phenoxy) is 1. The van der Waals surface area contributed by atoms with Crippen LogP contribution in [0.15, 0.2) is 77.0 Å². The first-order valence-corrected chi connectivity index (χ1v) is 10.0. The molecule has 0 saturated carbocycles. The second-order valence-corrected chi connectivity index (χ2v) is 7.52. The second-order valence-electron chi connectivity index (χ2n) is 5.95. The Bertz CT molecular complexity index is 930. The van der Waals surface area contributed by atoms with Gasteiger partial charge >= 0.3 is 0 Å². The van der Waals surface area contributed by atoms with Crippen LogP contribution in [0.1, 0.15) is 11.1 Å². The van der Waals surface area contributed by atoms with Crippen molar-refractivity contribution in [1.29, 1.82) is 0 Å². The van der Waals surface area contributed by atoms with E-state index in [-0.39, 0.29) is 0 Å². The molecule has 1 aliphatic rings. The minimum Gasteiger partial charge on any atom is -0.497 e. The number of thioether (sulfide) groups is 1. The predicted molar refractivity (Wildman–Crippen MR) is 116 cm³/mol. The van der Waals surface area contributed by atoms with Crippen LogP contribution in [0, 0.1) is 0 Å². The standard InChI is InChI=1S/C22H19NOS2/c1-24-16-13-11-15(12-14-16)23-19-9-5-3-7-17(19)21(22(25)26-2)18-8-4-6-10-20(18)23/h3-14,25H,1-2H3. The normalized spacial score (nSPS) is 12.4. The van der Waals surface area contributed by atoms with E-state index in [0.717, 1.165) is 27.0 Å². The van der Waals surface area contributed by atoms with Gasteiger partial charge in [-0.2, -0.15) is 0 Å². The Hall–Kier alpha value is -2.30. The first-order chi connectivity index (χ1) is 12.7. The van der Waals surface area contributed by atoms with Gasteiger partial charge in [-0.05, 0) is 42.7 Å². The van der Waals surface area contributed by atoms with Gasteiger partial charge in [-0.25, -0.2) is 0 Å². The van der Waals surface area contributed by atoms with Gasteiger partial charge in [0.2, 0.25) is 0 Å². The second kappa shape index (κ2) is 7.14. The summed E-state index contributed by atoms with van der Waals surface area (Å²) in [4.78, 5) is 2.30. The van der Waals surface area contributed by atoms with Crippen LogP contribution in [-0.4, -0.2) is 13.4 Å². The lowest BCUT2D eigenvalue weighted by molar-refractivity contribution is 0.415. The molecular formula is C22H19NOS2. The monoisotopic (exact) mass is 377 g/mol. The van der Waals surface area contributed by atoms with E-state index in [1.165, 1.54) is 16.7 Å². The van der Waals surface area contributed by atoms with E-state index in [9.17, 15) is 0 Å². The number of benzene rings is 3. The minimum atomic E-state index is 0.855. The highest BCUT2D eigenvalue weighted by Crippen LogP contribution is 2.51. The third kappa shape index (κ3) is 2.79. The number of hydrogen-bond acceptors (Lipinski definition) is 4. The van der Waals surface area contributed by atoms with Gasteiger partial charge in [0.25, 0.3) is 0 Å². The van der Waals surface area contributed by atoms with Crippen molar-refractivity contribution >= 4 is 47.0 Å². The fourth-order valence-corrected chi connectivity index (χ4v) is 4.04. The number of methoxy groups -OCH3 is 1.